The summed E-state index contributed by atoms with van der Waals surface area (Å²) in [6.07, 6.45) is 4.59. The maximum absolute atomic E-state index is 12.9. The summed E-state index contributed by atoms with van der Waals surface area (Å²) >= 11 is 3.34. The van der Waals surface area contributed by atoms with Crippen molar-refractivity contribution in [3.8, 4) is 0 Å². The van der Waals surface area contributed by atoms with Crippen molar-refractivity contribution in [2.45, 2.75) is 30.6 Å². The van der Waals surface area contributed by atoms with E-state index in [1.807, 2.05) is 0 Å². The van der Waals surface area contributed by atoms with Crippen molar-refractivity contribution in [1.82, 2.24) is 4.31 Å². The molecule has 0 spiro atoms. The second kappa shape index (κ2) is 5.31. The molecule has 0 saturated heterocycles. The molecule has 2 fully saturated rings. The molecule has 110 valence electrons. The highest BCUT2D eigenvalue weighted by atomic mass is 79.9. The van der Waals surface area contributed by atoms with Crippen LogP contribution in [0.15, 0.2) is 27.6 Å². The van der Waals surface area contributed by atoms with Gasteiger partial charge in [-0.3, -0.25) is 0 Å². The molecule has 0 unspecified atom stereocenters. The Morgan fingerprint density at radius 2 is 1.70 bits per heavy atom. The van der Waals surface area contributed by atoms with Crippen LogP contribution in [0.3, 0.4) is 0 Å². The highest BCUT2D eigenvalue weighted by Gasteiger charge is 2.36. The van der Waals surface area contributed by atoms with E-state index in [-0.39, 0.29) is 0 Å². The number of hydrogen-bond acceptors (Lipinski definition) is 3. The van der Waals surface area contributed by atoms with E-state index >= 15 is 0 Å². The van der Waals surface area contributed by atoms with Gasteiger partial charge in [0.25, 0.3) is 0 Å². The van der Waals surface area contributed by atoms with Crippen molar-refractivity contribution in [3.05, 3.63) is 22.7 Å². The number of nitrogens with two attached hydrogens (primary N) is 1. The fraction of sp³-hybridized carbons (Fsp3) is 0.571. The minimum Gasteiger partial charge on any atom is -0.399 e. The maximum Gasteiger partial charge on any atom is 0.244 e. The van der Waals surface area contributed by atoms with Crippen LogP contribution in [0, 0.1) is 11.8 Å². The smallest absolute Gasteiger partial charge is 0.244 e. The fourth-order valence-corrected chi connectivity index (χ4v) is 4.86. The molecule has 2 saturated carbocycles. The van der Waals surface area contributed by atoms with Gasteiger partial charge in [-0.05, 0) is 71.6 Å². The molecule has 0 bridgehead atoms. The lowest BCUT2D eigenvalue weighted by atomic mass is 10.3. The molecule has 3 rings (SSSR count). The molecule has 0 radical (unpaired) electrons. The number of benzene rings is 1. The van der Waals surface area contributed by atoms with Crippen molar-refractivity contribution in [1.29, 1.82) is 0 Å². The van der Waals surface area contributed by atoms with E-state index in [2.05, 4.69) is 15.9 Å². The molecule has 0 atom stereocenters. The Kier molecular flexibility index (Phi) is 3.81. The maximum atomic E-state index is 12.9. The molecule has 2 N–H and O–H groups in total. The lowest BCUT2D eigenvalue weighted by Crippen LogP contribution is -2.35. The zero-order chi connectivity index (χ0) is 14.3. The highest BCUT2D eigenvalue weighted by Crippen LogP contribution is 2.37. The number of hydrogen-bond donors (Lipinski definition) is 1. The first-order valence-electron chi connectivity index (χ1n) is 7.02. The largest absolute Gasteiger partial charge is 0.399 e. The standard InChI is InChI=1S/C14H19BrN2O2S/c15-13-6-5-12(16)7-14(13)20(18,19)17(8-10-1-2-10)9-11-3-4-11/h5-7,10-11H,1-4,8-9,16H2. The quantitative estimate of drug-likeness (QED) is 0.795. The molecule has 1 aromatic carbocycles. The predicted octanol–water partition coefficient (Wildman–Crippen LogP) is 2.84. The van der Waals surface area contributed by atoms with E-state index in [0.717, 1.165) is 25.7 Å². The van der Waals surface area contributed by atoms with Crippen LogP contribution in [0.4, 0.5) is 5.69 Å². The Bertz CT molecular complexity index is 596. The summed E-state index contributed by atoms with van der Waals surface area (Å²) in [5, 5.41) is 0. The van der Waals surface area contributed by atoms with E-state index in [1.165, 1.54) is 0 Å². The SMILES string of the molecule is Nc1ccc(Br)c(S(=O)(=O)N(CC2CC2)CC2CC2)c1. The summed E-state index contributed by atoms with van der Waals surface area (Å²) in [6.45, 7) is 1.31. The second-order valence-electron chi connectivity index (χ2n) is 5.90. The van der Waals surface area contributed by atoms with Gasteiger partial charge in [0.05, 0.1) is 4.90 Å². The van der Waals surface area contributed by atoms with E-state index in [4.69, 9.17) is 5.73 Å². The van der Waals surface area contributed by atoms with Crippen LogP contribution < -0.4 is 5.73 Å². The molecule has 6 heteroatoms. The minimum atomic E-state index is -3.46. The Morgan fingerprint density at radius 3 is 2.20 bits per heavy atom. The Balaban J connectivity index is 1.91. The highest BCUT2D eigenvalue weighted by molar-refractivity contribution is 9.10. The van der Waals surface area contributed by atoms with Gasteiger partial charge in [-0.2, -0.15) is 4.31 Å². The van der Waals surface area contributed by atoms with E-state index in [0.29, 0.717) is 40.0 Å². The van der Waals surface area contributed by atoms with Gasteiger partial charge in [-0.15, -0.1) is 0 Å². The van der Waals surface area contributed by atoms with Crippen molar-refractivity contribution in [2.75, 3.05) is 18.8 Å². The summed E-state index contributed by atoms with van der Waals surface area (Å²) in [6, 6.07) is 4.95. The van der Waals surface area contributed by atoms with E-state index in [9.17, 15) is 8.42 Å². The normalized spacial score (nSPS) is 19.5. The molecule has 2 aliphatic rings. The summed E-state index contributed by atoms with van der Waals surface area (Å²) in [7, 11) is -3.46. The van der Waals surface area contributed by atoms with Crippen LogP contribution in [0.5, 0.6) is 0 Å². The summed E-state index contributed by atoms with van der Waals surface area (Å²) in [4.78, 5) is 0.291. The van der Waals surface area contributed by atoms with Gasteiger partial charge in [-0.1, -0.05) is 0 Å². The van der Waals surface area contributed by atoms with Crippen LogP contribution in [0.2, 0.25) is 0 Å². The van der Waals surface area contributed by atoms with Crippen LogP contribution in [0.25, 0.3) is 0 Å². The monoisotopic (exact) mass is 358 g/mol. The molecular weight excluding hydrogens is 340 g/mol. The molecule has 0 heterocycles. The number of rotatable bonds is 6. The number of nitrogens with zero attached hydrogens (tertiary/aromatic N) is 1. The van der Waals surface area contributed by atoms with Gasteiger partial charge in [0.2, 0.25) is 10.0 Å². The molecule has 2 aliphatic carbocycles. The molecule has 0 aliphatic heterocycles. The topological polar surface area (TPSA) is 63.4 Å². The van der Waals surface area contributed by atoms with Crippen LogP contribution >= 0.6 is 15.9 Å². The van der Waals surface area contributed by atoms with Crippen molar-refractivity contribution in [3.63, 3.8) is 0 Å². The first-order chi connectivity index (χ1) is 9.46. The summed E-state index contributed by atoms with van der Waals surface area (Å²) < 4.78 is 28.0. The van der Waals surface area contributed by atoms with E-state index in [1.54, 1.807) is 22.5 Å². The third kappa shape index (κ3) is 3.18. The average Bonchev–Trinajstić information content (AvgIpc) is 3.25. The van der Waals surface area contributed by atoms with Gasteiger partial charge in [-0.25, -0.2) is 8.42 Å². The average molecular weight is 359 g/mol. The van der Waals surface area contributed by atoms with Gasteiger partial charge in [0, 0.05) is 23.2 Å². The van der Waals surface area contributed by atoms with Crippen molar-refractivity contribution >= 4 is 31.6 Å². The predicted molar refractivity (Wildman–Crippen MR) is 82.8 cm³/mol. The number of nitrogen functional groups attached to an aromatic ring is 1. The van der Waals surface area contributed by atoms with Gasteiger partial charge >= 0.3 is 0 Å². The molecule has 0 aromatic heterocycles. The Hall–Kier alpha value is -0.590. The molecule has 0 amide bonds. The number of halogens is 1. The fourth-order valence-electron chi connectivity index (χ4n) is 2.30. The lowest BCUT2D eigenvalue weighted by Gasteiger charge is -2.23. The first-order valence-corrected chi connectivity index (χ1v) is 9.25. The van der Waals surface area contributed by atoms with Gasteiger partial charge < -0.3 is 5.73 Å². The van der Waals surface area contributed by atoms with E-state index < -0.39 is 10.0 Å². The zero-order valence-electron chi connectivity index (χ0n) is 11.3. The third-order valence-electron chi connectivity index (χ3n) is 3.89. The van der Waals surface area contributed by atoms with Crippen molar-refractivity contribution in [2.24, 2.45) is 11.8 Å². The van der Waals surface area contributed by atoms with Gasteiger partial charge in [0.15, 0.2) is 0 Å². The zero-order valence-corrected chi connectivity index (χ0v) is 13.7. The van der Waals surface area contributed by atoms with Crippen LogP contribution in [-0.2, 0) is 10.0 Å². The van der Waals surface area contributed by atoms with Crippen molar-refractivity contribution < 1.29 is 8.42 Å². The Morgan fingerprint density at radius 1 is 1.15 bits per heavy atom. The lowest BCUT2D eigenvalue weighted by molar-refractivity contribution is 0.382. The van der Waals surface area contributed by atoms with Crippen LogP contribution in [0.1, 0.15) is 25.7 Å². The molecule has 4 nitrogen and oxygen atoms in total. The molecule has 20 heavy (non-hydrogen) atoms. The van der Waals surface area contributed by atoms with Gasteiger partial charge in [0.1, 0.15) is 0 Å². The summed E-state index contributed by atoms with van der Waals surface area (Å²) in [5.74, 6) is 1.09. The summed E-state index contributed by atoms with van der Waals surface area (Å²) in [5.41, 5.74) is 6.22. The number of anilines is 1. The number of sulfonamides is 1. The third-order valence-corrected chi connectivity index (χ3v) is 6.72. The second-order valence-corrected chi connectivity index (χ2v) is 8.66. The molecule has 1 aromatic rings. The Labute approximate surface area is 128 Å². The van der Waals surface area contributed by atoms with Crippen LogP contribution in [-0.4, -0.2) is 25.8 Å². The molecular formula is C14H19BrN2O2S. The first kappa shape index (κ1) is 14.4. The minimum absolute atomic E-state index is 0.291.